The number of halogens is 1. The minimum Gasteiger partial charge on any atom is -0.379 e. The van der Waals surface area contributed by atoms with E-state index in [0.29, 0.717) is 19.1 Å². The topological polar surface area (TPSA) is 44.8 Å². The van der Waals surface area contributed by atoms with Crippen molar-refractivity contribution in [2.75, 3.05) is 39.4 Å². The van der Waals surface area contributed by atoms with Crippen molar-refractivity contribution in [1.82, 2.24) is 15.1 Å². The molecule has 2 saturated heterocycles. The zero-order valence-corrected chi connectivity index (χ0v) is 17.9. The Bertz CT molecular complexity index is 622. The number of carbonyl (C=O) groups excluding carboxylic acids is 1. The molecule has 1 amide bonds. The summed E-state index contributed by atoms with van der Waals surface area (Å²) in [6.45, 7) is 10.2. The smallest absolute Gasteiger partial charge is 0.237 e. The zero-order chi connectivity index (χ0) is 20.6. The molecule has 0 aliphatic carbocycles. The lowest BCUT2D eigenvalue weighted by Gasteiger charge is -2.39. The van der Waals surface area contributed by atoms with Crippen molar-refractivity contribution >= 4 is 5.91 Å². The van der Waals surface area contributed by atoms with Gasteiger partial charge in [0.05, 0.1) is 19.3 Å². The van der Waals surface area contributed by atoms with Gasteiger partial charge in [-0.3, -0.25) is 14.6 Å². The molecule has 5 nitrogen and oxygen atoms in total. The fourth-order valence-electron chi connectivity index (χ4n) is 4.64. The minimum absolute atomic E-state index is 0.0499. The number of hydrogen-bond acceptors (Lipinski definition) is 4. The van der Waals surface area contributed by atoms with Crippen LogP contribution in [-0.2, 0) is 16.1 Å². The first kappa shape index (κ1) is 22.2. The fraction of sp³-hybridized carbons (Fsp3) is 0.696. The summed E-state index contributed by atoms with van der Waals surface area (Å²) in [7, 11) is 0. The van der Waals surface area contributed by atoms with E-state index in [4.69, 9.17) is 4.74 Å². The van der Waals surface area contributed by atoms with Crippen LogP contribution in [0.1, 0.15) is 45.1 Å². The summed E-state index contributed by atoms with van der Waals surface area (Å²) in [5.74, 6) is 0.381. The molecule has 1 aromatic carbocycles. The van der Waals surface area contributed by atoms with Crippen molar-refractivity contribution in [3.05, 3.63) is 35.6 Å². The Balaban J connectivity index is 1.51. The Hall–Kier alpha value is -1.50. The summed E-state index contributed by atoms with van der Waals surface area (Å²) in [6.07, 6.45) is 3.96. The third kappa shape index (κ3) is 6.24. The van der Waals surface area contributed by atoms with Crippen LogP contribution in [0, 0.1) is 11.7 Å². The molecule has 1 unspecified atom stereocenters. The molecule has 2 fully saturated rings. The maximum Gasteiger partial charge on any atom is 0.237 e. The van der Waals surface area contributed by atoms with Gasteiger partial charge >= 0.3 is 0 Å². The van der Waals surface area contributed by atoms with E-state index in [1.807, 2.05) is 12.1 Å². The van der Waals surface area contributed by atoms with Gasteiger partial charge in [-0.05, 0) is 36.5 Å². The molecule has 1 atom stereocenters. The van der Waals surface area contributed by atoms with Crippen LogP contribution < -0.4 is 5.32 Å². The first-order valence-electron chi connectivity index (χ1n) is 11.2. The lowest BCUT2D eigenvalue weighted by atomic mass is 9.91. The summed E-state index contributed by atoms with van der Waals surface area (Å²) in [5, 5.41) is 3.36. The van der Waals surface area contributed by atoms with E-state index in [1.165, 1.54) is 12.1 Å². The highest BCUT2D eigenvalue weighted by molar-refractivity contribution is 5.82. The maximum absolute atomic E-state index is 13.2. The maximum atomic E-state index is 13.2. The van der Waals surface area contributed by atoms with Gasteiger partial charge in [0.1, 0.15) is 5.82 Å². The number of benzene rings is 1. The average Bonchev–Trinajstić information content (AvgIpc) is 2.75. The second kappa shape index (κ2) is 11.0. The molecule has 2 aliphatic heterocycles. The normalized spacial score (nSPS) is 20.7. The second-order valence-corrected chi connectivity index (χ2v) is 8.36. The number of morpholine rings is 1. The average molecular weight is 406 g/mol. The SMILES string of the molecule is CCC(CC)C(C(=O)NC1CCN(Cc2ccc(F)cc2)CC1)N1CCOCC1. The Morgan fingerprint density at radius 3 is 2.31 bits per heavy atom. The first-order valence-corrected chi connectivity index (χ1v) is 11.2. The highest BCUT2D eigenvalue weighted by atomic mass is 19.1. The van der Waals surface area contributed by atoms with Crippen LogP contribution >= 0.6 is 0 Å². The largest absolute Gasteiger partial charge is 0.379 e. The predicted molar refractivity (Wildman–Crippen MR) is 113 cm³/mol. The van der Waals surface area contributed by atoms with E-state index in [2.05, 4.69) is 29.0 Å². The molecule has 1 N–H and O–H groups in total. The van der Waals surface area contributed by atoms with Crippen LogP contribution in [0.4, 0.5) is 4.39 Å². The van der Waals surface area contributed by atoms with Crippen molar-refractivity contribution in [3.8, 4) is 0 Å². The van der Waals surface area contributed by atoms with E-state index in [0.717, 1.165) is 64.0 Å². The Morgan fingerprint density at radius 1 is 1.10 bits per heavy atom. The van der Waals surface area contributed by atoms with Gasteiger partial charge in [-0.1, -0.05) is 38.8 Å². The molecule has 0 saturated carbocycles. The van der Waals surface area contributed by atoms with Crippen molar-refractivity contribution in [3.63, 3.8) is 0 Å². The van der Waals surface area contributed by atoms with Gasteiger partial charge in [0.2, 0.25) is 5.91 Å². The quantitative estimate of drug-likeness (QED) is 0.722. The van der Waals surface area contributed by atoms with Gasteiger partial charge < -0.3 is 10.1 Å². The van der Waals surface area contributed by atoms with E-state index < -0.39 is 0 Å². The molecular weight excluding hydrogens is 369 g/mol. The Morgan fingerprint density at radius 2 is 1.72 bits per heavy atom. The van der Waals surface area contributed by atoms with Crippen molar-refractivity contribution in [2.24, 2.45) is 5.92 Å². The van der Waals surface area contributed by atoms with Crippen molar-refractivity contribution < 1.29 is 13.9 Å². The van der Waals surface area contributed by atoms with Crippen molar-refractivity contribution in [2.45, 2.75) is 58.2 Å². The minimum atomic E-state index is -0.192. The summed E-state index contributed by atoms with van der Waals surface area (Å²) in [6, 6.07) is 6.94. The van der Waals surface area contributed by atoms with E-state index in [9.17, 15) is 9.18 Å². The number of piperidine rings is 1. The third-order valence-electron chi connectivity index (χ3n) is 6.46. The van der Waals surface area contributed by atoms with E-state index in [-0.39, 0.29) is 23.8 Å². The van der Waals surface area contributed by atoms with E-state index in [1.54, 1.807) is 0 Å². The van der Waals surface area contributed by atoms with Gasteiger partial charge in [0.15, 0.2) is 0 Å². The van der Waals surface area contributed by atoms with Crippen molar-refractivity contribution in [1.29, 1.82) is 0 Å². The van der Waals surface area contributed by atoms with Crippen LogP contribution in [-0.4, -0.2) is 67.2 Å². The van der Waals surface area contributed by atoms with Gasteiger partial charge in [-0.25, -0.2) is 4.39 Å². The van der Waals surface area contributed by atoms with Crippen LogP contribution in [0.15, 0.2) is 24.3 Å². The lowest BCUT2D eigenvalue weighted by Crippen LogP contribution is -2.57. The van der Waals surface area contributed by atoms with Gasteiger partial charge in [0, 0.05) is 38.8 Å². The fourth-order valence-corrected chi connectivity index (χ4v) is 4.64. The number of hydrogen-bond donors (Lipinski definition) is 1. The molecule has 3 rings (SSSR count). The lowest BCUT2D eigenvalue weighted by molar-refractivity contribution is -0.132. The van der Waals surface area contributed by atoms with Crippen LogP contribution in [0.2, 0.25) is 0 Å². The zero-order valence-electron chi connectivity index (χ0n) is 17.9. The van der Waals surface area contributed by atoms with Crippen LogP contribution in [0.25, 0.3) is 0 Å². The molecule has 29 heavy (non-hydrogen) atoms. The number of rotatable bonds is 8. The third-order valence-corrected chi connectivity index (χ3v) is 6.46. The number of amides is 1. The Labute approximate surface area is 174 Å². The number of carbonyl (C=O) groups is 1. The number of nitrogens with one attached hydrogen (secondary N) is 1. The standard InChI is InChI=1S/C23H36FN3O2/c1-3-19(4-2)22(27-13-15-29-16-14-27)23(28)25-21-9-11-26(12-10-21)17-18-5-7-20(24)8-6-18/h5-8,19,21-22H,3-4,9-17H2,1-2H3,(H,25,28). The highest BCUT2D eigenvalue weighted by Gasteiger charge is 2.34. The molecule has 2 aliphatic rings. The van der Waals surface area contributed by atoms with Gasteiger partial charge in [-0.15, -0.1) is 0 Å². The summed E-state index contributed by atoms with van der Waals surface area (Å²) >= 11 is 0. The summed E-state index contributed by atoms with van der Waals surface area (Å²) in [5.41, 5.74) is 1.13. The highest BCUT2D eigenvalue weighted by Crippen LogP contribution is 2.22. The molecule has 1 aromatic rings. The number of likely N-dealkylation sites (tertiary alicyclic amines) is 1. The summed E-state index contributed by atoms with van der Waals surface area (Å²) < 4.78 is 18.6. The van der Waals surface area contributed by atoms with Gasteiger partial charge in [0.25, 0.3) is 0 Å². The number of nitrogens with zero attached hydrogens (tertiary/aromatic N) is 2. The monoisotopic (exact) mass is 405 g/mol. The molecule has 162 valence electrons. The van der Waals surface area contributed by atoms with Crippen LogP contribution in [0.3, 0.4) is 0 Å². The second-order valence-electron chi connectivity index (χ2n) is 8.36. The number of ether oxygens (including phenoxy) is 1. The molecule has 0 radical (unpaired) electrons. The Kier molecular flexibility index (Phi) is 8.45. The molecular formula is C23H36FN3O2. The molecule has 6 heteroatoms. The molecule has 0 aromatic heterocycles. The first-order chi connectivity index (χ1) is 14.1. The summed E-state index contributed by atoms with van der Waals surface area (Å²) in [4.78, 5) is 17.9. The molecule has 2 heterocycles. The van der Waals surface area contributed by atoms with E-state index >= 15 is 0 Å². The van der Waals surface area contributed by atoms with Crippen LogP contribution in [0.5, 0.6) is 0 Å². The predicted octanol–water partition coefficient (Wildman–Crippen LogP) is 3.04. The molecule has 0 spiro atoms. The van der Waals surface area contributed by atoms with Gasteiger partial charge in [-0.2, -0.15) is 0 Å². The molecule has 0 bridgehead atoms.